The second-order valence-corrected chi connectivity index (χ2v) is 7.51. The fraction of sp³-hybridized carbons (Fsp3) is 0.769. The molecule has 0 radical (unpaired) electrons. The van der Waals surface area contributed by atoms with Crippen molar-refractivity contribution in [3.8, 4) is 0 Å². The van der Waals surface area contributed by atoms with Gasteiger partial charge in [0.2, 0.25) is 0 Å². The Bertz CT molecular complexity index is 401. The quantitative estimate of drug-likeness (QED) is 0.634. The highest BCUT2D eigenvalue weighted by Gasteiger charge is 2.25. The summed E-state index contributed by atoms with van der Waals surface area (Å²) in [6, 6.07) is 0.520. The van der Waals surface area contributed by atoms with Crippen molar-refractivity contribution < 1.29 is 0 Å². The van der Waals surface area contributed by atoms with E-state index in [-0.39, 0.29) is 6.04 Å². The van der Waals surface area contributed by atoms with Gasteiger partial charge in [0.1, 0.15) is 0 Å². The standard InChI is InChI=1S/C13H23BrN4S/c1-9(2)18-13(11(14)8-16-18)12(17-15)7-10-3-5-19-6-4-10/h8-10,12,17H,3-7,15H2,1-2H3. The third kappa shape index (κ3) is 3.74. The Labute approximate surface area is 128 Å². The molecule has 0 bridgehead atoms. The van der Waals surface area contributed by atoms with Crippen LogP contribution < -0.4 is 11.3 Å². The molecule has 1 aromatic heterocycles. The lowest BCUT2D eigenvalue weighted by Crippen LogP contribution is -2.32. The molecule has 2 heterocycles. The number of hydrogen-bond donors (Lipinski definition) is 2. The van der Waals surface area contributed by atoms with Crippen LogP contribution in [0.5, 0.6) is 0 Å². The van der Waals surface area contributed by atoms with E-state index in [2.05, 4.69) is 56.7 Å². The highest BCUT2D eigenvalue weighted by Crippen LogP contribution is 2.34. The molecule has 1 aliphatic heterocycles. The van der Waals surface area contributed by atoms with Crippen molar-refractivity contribution in [2.45, 2.75) is 45.2 Å². The largest absolute Gasteiger partial charge is 0.271 e. The van der Waals surface area contributed by atoms with E-state index in [0.29, 0.717) is 6.04 Å². The maximum absolute atomic E-state index is 5.80. The number of thioether (sulfide) groups is 1. The van der Waals surface area contributed by atoms with E-state index < -0.39 is 0 Å². The number of nitrogens with zero attached hydrogens (tertiary/aromatic N) is 2. The third-order valence-corrected chi connectivity index (χ3v) is 5.38. The molecule has 0 aliphatic carbocycles. The molecule has 6 heteroatoms. The summed E-state index contributed by atoms with van der Waals surface area (Å²) in [5.41, 5.74) is 4.17. The fourth-order valence-corrected chi connectivity index (χ4v) is 4.42. The van der Waals surface area contributed by atoms with Crippen molar-refractivity contribution >= 4 is 27.7 Å². The zero-order valence-electron chi connectivity index (χ0n) is 11.6. The summed E-state index contributed by atoms with van der Waals surface area (Å²) in [6.45, 7) is 4.29. The Kier molecular flexibility index (Phi) is 5.74. The van der Waals surface area contributed by atoms with Crippen molar-refractivity contribution in [2.24, 2.45) is 11.8 Å². The van der Waals surface area contributed by atoms with Gasteiger partial charge in [-0.1, -0.05) is 0 Å². The molecule has 1 aliphatic rings. The van der Waals surface area contributed by atoms with Gasteiger partial charge in [-0.05, 0) is 66.5 Å². The SMILES string of the molecule is CC(C)n1ncc(Br)c1C(CC1CCSCC1)NN. The lowest BCUT2D eigenvalue weighted by atomic mass is 9.93. The van der Waals surface area contributed by atoms with E-state index in [1.807, 2.05) is 6.20 Å². The van der Waals surface area contributed by atoms with Crippen LogP contribution in [-0.4, -0.2) is 21.3 Å². The number of nitrogens with one attached hydrogen (secondary N) is 1. The van der Waals surface area contributed by atoms with Crippen molar-refractivity contribution in [1.82, 2.24) is 15.2 Å². The molecule has 1 atom stereocenters. The number of rotatable bonds is 5. The first kappa shape index (κ1) is 15.4. The molecule has 19 heavy (non-hydrogen) atoms. The second kappa shape index (κ2) is 7.11. The van der Waals surface area contributed by atoms with Crippen LogP contribution in [0.25, 0.3) is 0 Å². The van der Waals surface area contributed by atoms with Crippen LogP contribution in [0.2, 0.25) is 0 Å². The van der Waals surface area contributed by atoms with Crippen LogP contribution in [-0.2, 0) is 0 Å². The molecule has 1 fully saturated rings. The first-order valence-corrected chi connectivity index (χ1v) is 8.85. The van der Waals surface area contributed by atoms with Crippen LogP contribution >= 0.6 is 27.7 Å². The Balaban J connectivity index is 2.14. The smallest absolute Gasteiger partial charge is 0.0712 e. The van der Waals surface area contributed by atoms with Gasteiger partial charge < -0.3 is 0 Å². The molecule has 2 rings (SSSR count). The van der Waals surface area contributed by atoms with E-state index in [1.165, 1.54) is 30.0 Å². The maximum atomic E-state index is 5.80. The van der Waals surface area contributed by atoms with Gasteiger partial charge in [0.15, 0.2) is 0 Å². The lowest BCUT2D eigenvalue weighted by molar-refractivity contribution is 0.350. The molecule has 108 valence electrons. The Morgan fingerprint density at radius 3 is 2.79 bits per heavy atom. The highest BCUT2D eigenvalue weighted by atomic mass is 79.9. The molecule has 0 saturated carbocycles. The summed E-state index contributed by atoms with van der Waals surface area (Å²) in [5.74, 6) is 9.14. The van der Waals surface area contributed by atoms with E-state index in [0.717, 1.165) is 16.8 Å². The third-order valence-electron chi connectivity index (χ3n) is 3.72. The number of nitrogens with two attached hydrogens (primary N) is 1. The predicted octanol–water partition coefficient (Wildman–Crippen LogP) is 3.26. The van der Waals surface area contributed by atoms with Crippen LogP contribution in [0.15, 0.2) is 10.7 Å². The number of aromatic nitrogens is 2. The van der Waals surface area contributed by atoms with Crippen molar-refractivity contribution in [3.05, 3.63) is 16.4 Å². The van der Waals surface area contributed by atoms with Crippen LogP contribution in [0.4, 0.5) is 0 Å². The van der Waals surface area contributed by atoms with E-state index >= 15 is 0 Å². The molecule has 1 saturated heterocycles. The van der Waals surface area contributed by atoms with E-state index in [4.69, 9.17) is 5.84 Å². The van der Waals surface area contributed by atoms with E-state index in [1.54, 1.807) is 0 Å². The molecule has 0 aromatic carbocycles. The Morgan fingerprint density at radius 2 is 2.21 bits per heavy atom. The summed E-state index contributed by atoms with van der Waals surface area (Å²) >= 11 is 5.67. The van der Waals surface area contributed by atoms with Gasteiger partial charge in [0.25, 0.3) is 0 Å². The molecule has 0 spiro atoms. The molecule has 3 N–H and O–H groups in total. The summed E-state index contributed by atoms with van der Waals surface area (Å²) in [7, 11) is 0. The Morgan fingerprint density at radius 1 is 1.53 bits per heavy atom. The minimum absolute atomic E-state index is 0.173. The zero-order valence-corrected chi connectivity index (χ0v) is 14.0. The number of hydrogen-bond acceptors (Lipinski definition) is 4. The van der Waals surface area contributed by atoms with Crippen molar-refractivity contribution in [2.75, 3.05) is 11.5 Å². The van der Waals surface area contributed by atoms with Gasteiger partial charge in [-0.2, -0.15) is 16.9 Å². The van der Waals surface area contributed by atoms with Gasteiger partial charge in [0, 0.05) is 6.04 Å². The van der Waals surface area contributed by atoms with Crippen molar-refractivity contribution in [3.63, 3.8) is 0 Å². The maximum Gasteiger partial charge on any atom is 0.0712 e. The molecule has 1 aromatic rings. The normalized spacial score (nSPS) is 19.0. The minimum Gasteiger partial charge on any atom is -0.271 e. The van der Waals surface area contributed by atoms with E-state index in [9.17, 15) is 0 Å². The minimum atomic E-state index is 0.173. The van der Waals surface area contributed by atoms with Gasteiger partial charge in [-0.25, -0.2) is 0 Å². The predicted molar refractivity (Wildman–Crippen MR) is 85.0 cm³/mol. The van der Waals surface area contributed by atoms with Gasteiger partial charge >= 0.3 is 0 Å². The number of hydrazine groups is 1. The highest BCUT2D eigenvalue weighted by molar-refractivity contribution is 9.10. The van der Waals surface area contributed by atoms with Gasteiger partial charge in [-0.15, -0.1) is 0 Å². The topological polar surface area (TPSA) is 55.9 Å². The first-order valence-electron chi connectivity index (χ1n) is 6.90. The average molecular weight is 347 g/mol. The van der Waals surface area contributed by atoms with Crippen LogP contribution in [0.3, 0.4) is 0 Å². The summed E-state index contributed by atoms with van der Waals surface area (Å²) < 4.78 is 3.11. The second-order valence-electron chi connectivity index (χ2n) is 5.43. The molecule has 1 unspecified atom stereocenters. The Hall–Kier alpha value is -0.0400. The average Bonchev–Trinajstić information content (AvgIpc) is 2.79. The van der Waals surface area contributed by atoms with Gasteiger partial charge in [-0.3, -0.25) is 16.0 Å². The summed E-state index contributed by atoms with van der Waals surface area (Å²) in [4.78, 5) is 0. The molecule has 4 nitrogen and oxygen atoms in total. The monoisotopic (exact) mass is 346 g/mol. The zero-order chi connectivity index (χ0) is 13.8. The first-order chi connectivity index (χ1) is 9.13. The summed E-state index contributed by atoms with van der Waals surface area (Å²) in [6.07, 6.45) is 5.57. The summed E-state index contributed by atoms with van der Waals surface area (Å²) in [5, 5.41) is 4.45. The fourth-order valence-electron chi connectivity index (χ4n) is 2.66. The van der Waals surface area contributed by atoms with Crippen LogP contribution in [0, 0.1) is 5.92 Å². The van der Waals surface area contributed by atoms with Crippen LogP contribution in [0.1, 0.15) is 50.9 Å². The lowest BCUT2D eigenvalue weighted by Gasteiger charge is -2.27. The van der Waals surface area contributed by atoms with Gasteiger partial charge in [0.05, 0.1) is 22.4 Å². The molecular formula is C13H23BrN4S. The number of halogens is 1. The molecule has 0 amide bonds. The van der Waals surface area contributed by atoms with Crippen molar-refractivity contribution in [1.29, 1.82) is 0 Å². The molecular weight excluding hydrogens is 324 g/mol.